The number of ether oxygens (including phenoxy) is 1. The minimum atomic E-state index is -0.433. The molecule has 0 radical (unpaired) electrons. The van der Waals surface area contributed by atoms with Crippen LogP contribution in [0, 0.1) is 5.82 Å². The van der Waals surface area contributed by atoms with Gasteiger partial charge in [0.05, 0.1) is 13.2 Å². The van der Waals surface area contributed by atoms with Gasteiger partial charge in [-0.15, -0.1) is 0 Å². The van der Waals surface area contributed by atoms with Crippen molar-refractivity contribution in [2.75, 3.05) is 19.7 Å². The van der Waals surface area contributed by atoms with Gasteiger partial charge in [-0.25, -0.2) is 4.39 Å². The summed E-state index contributed by atoms with van der Waals surface area (Å²) in [7, 11) is 0. The number of nitrogens with two attached hydrogens (primary N) is 1. The third-order valence-corrected chi connectivity index (χ3v) is 4.04. The molecule has 2 aromatic carbocycles. The molecule has 1 atom stereocenters. The fourth-order valence-electron chi connectivity index (χ4n) is 2.72. The number of morpholine rings is 1. The first-order valence-electron chi connectivity index (χ1n) is 7.63. The van der Waals surface area contributed by atoms with Gasteiger partial charge in [-0.05, 0) is 23.8 Å². The van der Waals surface area contributed by atoms with Crippen molar-refractivity contribution in [1.82, 2.24) is 4.90 Å². The number of hydrogen-bond acceptors (Lipinski definition) is 3. The van der Waals surface area contributed by atoms with Crippen LogP contribution in [0.5, 0.6) is 0 Å². The number of halogens is 1. The van der Waals surface area contributed by atoms with E-state index in [1.165, 1.54) is 6.07 Å². The SMILES string of the molecule is NCc1ccc(C(=O)N2CCOC(c3ccccc3F)C2)cc1. The Morgan fingerprint density at radius 3 is 2.65 bits per heavy atom. The second kappa shape index (κ2) is 6.89. The Morgan fingerprint density at radius 1 is 1.22 bits per heavy atom. The molecule has 0 aromatic heterocycles. The Balaban J connectivity index is 1.75. The number of nitrogens with zero attached hydrogens (tertiary/aromatic N) is 1. The molecule has 1 unspecified atom stereocenters. The van der Waals surface area contributed by atoms with Gasteiger partial charge < -0.3 is 15.4 Å². The van der Waals surface area contributed by atoms with Gasteiger partial charge in [0.1, 0.15) is 11.9 Å². The summed E-state index contributed by atoms with van der Waals surface area (Å²) in [6, 6.07) is 13.8. The number of benzene rings is 2. The van der Waals surface area contributed by atoms with E-state index in [0.29, 0.717) is 37.4 Å². The lowest BCUT2D eigenvalue weighted by molar-refractivity contribution is -0.0243. The van der Waals surface area contributed by atoms with Crippen LogP contribution in [0.4, 0.5) is 4.39 Å². The molecule has 1 aliphatic heterocycles. The van der Waals surface area contributed by atoms with Crippen LogP contribution in [-0.2, 0) is 11.3 Å². The van der Waals surface area contributed by atoms with Crippen molar-refractivity contribution >= 4 is 5.91 Å². The minimum Gasteiger partial charge on any atom is -0.370 e. The highest BCUT2D eigenvalue weighted by Crippen LogP contribution is 2.25. The first-order chi connectivity index (χ1) is 11.2. The maximum atomic E-state index is 13.9. The molecule has 120 valence electrons. The second-order valence-electron chi connectivity index (χ2n) is 5.53. The third-order valence-electron chi connectivity index (χ3n) is 4.04. The monoisotopic (exact) mass is 314 g/mol. The average molecular weight is 314 g/mol. The molecule has 4 nitrogen and oxygen atoms in total. The number of rotatable bonds is 3. The summed E-state index contributed by atoms with van der Waals surface area (Å²) in [4.78, 5) is 14.3. The number of hydrogen-bond donors (Lipinski definition) is 1. The molecule has 2 N–H and O–H groups in total. The van der Waals surface area contributed by atoms with Crippen LogP contribution < -0.4 is 5.73 Å². The van der Waals surface area contributed by atoms with Gasteiger partial charge in [-0.3, -0.25) is 4.79 Å². The van der Waals surface area contributed by atoms with E-state index in [1.54, 1.807) is 35.2 Å². The highest BCUT2D eigenvalue weighted by atomic mass is 19.1. The zero-order valence-corrected chi connectivity index (χ0v) is 12.7. The van der Waals surface area contributed by atoms with Crippen molar-refractivity contribution < 1.29 is 13.9 Å². The normalized spacial score (nSPS) is 18.0. The van der Waals surface area contributed by atoms with Gasteiger partial charge in [0, 0.05) is 24.2 Å². The van der Waals surface area contributed by atoms with Crippen molar-refractivity contribution in [3.8, 4) is 0 Å². The maximum Gasteiger partial charge on any atom is 0.254 e. The summed E-state index contributed by atoms with van der Waals surface area (Å²) in [5, 5.41) is 0. The Hall–Kier alpha value is -2.24. The maximum absolute atomic E-state index is 13.9. The van der Waals surface area contributed by atoms with Crippen molar-refractivity contribution in [3.63, 3.8) is 0 Å². The van der Waals surface area contributed by atoms with Gasteiger partial charge in [0.2, 0.25) is 0 Å². The smallest absolute Gasteiger partial charge is 0.254 e. The summed E-state index contributed by atoms with van der Waals surface area (Å²) in [5.74, 6) is -0.377. The summed E-state index contributed by atoms with van der Waals surface area (Å²) in [6.45, 7) is 1.69. The van der Waals surface area contributed by atoms with Crippen LogP contribution >= 0.6 is 0 Å². The lowest BCUT2D eigenvalue weighted by Gasteiger charge is -2.33. The molecule has 0 spiro atoms. The largest absolute Gasteiger partial charge is 0.370 e. The quantitative estimate of drug-likeness (QED) is 0.947. The average Bonchev–Trinajstić information content (AvgIpc) is 2.62. The van der Waals surface area contributed by atoms with Crippen LogP contribution in [0.3, 0.4) is 0 Å². The van der Waals surface area contributed by atoms with Gasteiger partial charge in [0.15, 0.2) is 0 Å². The molecular weight excluding hydrogens is 295 g/mol. The zero-order valence-electron chi connectivity index (χ0n) is 12.7. The van der Waals surface area contributed by atoms with E-state index in [2.05, 4.69) is 0 Å². The number of carbonyl (C=O) groups excluding carboxylic acids is 1. The lowest BCUT2D eigenvalue weighted by Crippen LogP contribution is -2.42. The van der Waals surface area contributed by atoms with Crippen LogP contribution in [0.25, 0.3) is 0 Å². The molecule has 1 fully saturated rings. The van der Waals surface area contributed by atoms with Gasteiger partial charge >= 0.3 is 0 Å². The molecule has 1 heterocycles. The fraction of sp³-hybridized carbons (Fsp3) is 0.278. The van der Waals surface area contributed by atoms with E-state index in [-0.39, 0.29) is 11.7 Å². The Morgan fingerprint density at radius 2 is 1.96 bits per heavy atom. The molecule has 0 aliphatic carbocycles. The highest BCUT2D eigenvalue weighted by Gasteiger charge is 2.27. The van der Waals surface area contributed by atoms with E-state index in [1.807, 2.05) is 12.1 Å². The first-order valence-corrected chi connectivity index (χ1v) is 7.63. The van der Waals surface area contributed by atoms with Gasteiger partial charge in [-0.1, -0.05) is 30.3 Å². The number of amides is 1. The molecule has 1 amide bonds. The van der Waals surface area contributed by atoms with E-state index < -0.39 is 6.10 Å². The molecule has 5 heteroatoms. The summed E-state index contributed by atoms with van der Waals surface area (Å²) >= 11 is 0. The van der Waals surface area contributed by atoms with Gasteiger partial charge in [0.25, 0.3) is 5.91 Å². The predicted octanol–water partition coefficient (Wildman–Crippen LogP) is 2.50. The van der Waals surface area contributed by atoms with E-state index >= 15 is 0 Å². The van der Waals surface area contributed by atoms with Crippen molar-refractivity contribution in [2.45, 2.75) is 12.6 Å². The van der Waals surface area contributed by atoms with Crippen LogP contribution in [0.1, 0.15) is 27.6 Å². The standard InChI is InChI=1S/C18H19FN2O2/c19-16-4-2-1-3-15(16)17-12-21(9-10-23-17)18(22)14-7-5-13(11-20)6-8-14/h1-8,17H,9-12,20H2. The third kappa shape index (κ3) is 3.41. The van der Waals surface area contributed by atoms with E-state index in [9.17, 15) is 9.18 Å². The molecule has 0 saturated carbocycles. The summed E-state index contributed by atoms with van der Waals surface area (Å²) in [5.41, 5.74) is 7.64. The Bertz CT molecular complexity index is 688. The van der Waals surface area contributed by atoms with Gasteiger partial charge in [-0.2, -0.15) is 0 Å². The summed E-state index contributed by atoms with van der Waals surface area (Å²) < 4.78 is 19.6. The van der Waals surface area contributed by atoms with E-state index in [0.717, 1.165) is 5.56 Å². The van der Waals surface area contributed by atoms with E-state index in [4.69, 9.17) is 10.5 Å². The molecule has 3 rings (SSSR count). The molecule has 0 bridgehead atoms. The summed E-state index contributed by atoms with van der Waals surface area (Å²) in [6.07, 6.45) is -0.433. The van der Waals surface area contributed by atoms with Crippen molar-refractivity contribution in [1.29, 1.82) is 0 Å². The van der Waals surface area contributed by atoms with Crippen molar-refractivity contribution in [2.24, 2.45) is 5.73 Å². The predicted molar refractivity (Wildman–Crippen MR) is 85.3 cm³/mol. The first kappa shape index (κ1) is 15.6. The Labute approximate surface area is 134 Å². The molecule has 1 saturated heterocycles. The molecular formula is C18H19FN2O2. The molecule has 2 aromatic rings. The number of carbonyl (C=O) groups is 1. The van der Waals surface area contributed by atoms with Crippen LogP contribution in [0.2, 0.25) is 0 Å². The van der Waals surface area contributed by atoms with Crippen LogP contribution in [0.15, 0.2) is 48.5 Å². The Kier molecular flexibility index (Phi) is 4.69. The minimum absolute atomic E-state index is 0.0711. The topological polar surface area (TPSA) is 55.6 Å². The van der Waals surface area contributed by atoms with Crippen LogP contribution in [-0.4, -0.2) is 30.5 Å². The van der Waals surface area contributed by atoms with Crippen molar-refractivity contribution in [3.05, 3.63) is 71.0 Å². The molecule has 23 heavy (non-hydrogen) atoms. The molecule has 1 aliphatic rings. The lowest BCUT2D eigenvalue weighted by atomic mass is 10.1. The highest BCUT2D eigenvalue weighted by molar-refractivity contribution is 5.94. The second-order valence-corrected chi connectivity index (χ2v) is 5.53. The zero-order chi connectivity index (χ0) is 16.2. The fourth-order valence-corrected chi connectivity index (χ4v) is 2.72.